The maximum atomic E-state index is 13.0. The first-order valence-electron chi connectivity index (χ1n) is 5.88. The molecule has 0 heterocycles. The number of anilines is 2. The van der Waals surface area contributed by atoms with Gasteiger partial charge in [0.2, 0.25) is 5.91 Å². The van der Waals surface area contributed by atoms with Gasteiger partial charge >= 0.3 is 0 Å². The third-order valence-electron chi connectivity index (χ3n) is 2.46. The lowest BCUT2D eigenvalue weighted by Crippen LogP contribution is -2.21. The van der Waals surface area contributed by atoms with Crippen LogP contribution < -0.4 is 10.6 Å². The molecule has 0 radical (unpaired) electrons. The van der Waals surface area contributed by atoms with E-state index >= 15 is 0 Å². The molecule has 7 heteroatoms. The Labute approximate surface area is 129 Å². The Kier molecular flexibility index (Phi) is 4.98. The molecule has 0 aromatic heterocycles. The number of amides is 1. The van der Waals surface area contributed by atoms with Crippen LogP contribution >= 0.6 is 23.2 Å². The fourth-order valence-corrected chi connectivity index (χ4v) is 2.20. The summed E-state index contributed by atoms with van der Waals surface area (Å²) < 4.78 is 26.0. The first-order chi connectivity index (χ1) is 9.92. The molecule has 0 fully saturated rings. The Morgan fingerprint density at radius 3 is 2.05 bits per heavy atom. The highest BCUT2D eigenvalue weighted by atomic mass is 35.5. The predicted octanol–water partition coefficient (Wildman–Crippen LogP) is 4.32. The van der Waals surface area contributed by atoms with Crippen LogP contribution in [0, 0.1) is 11.6 Å². The number of halogens is 4. The van der Waals surface area contributed by atoms with Crippen LogP contribution in [0.1, 0.15) is 0 Å². The summed E-state index contributed by atoms with van der Waals surface area (Å²) in [5.74, 6) is -1.99. The fraction of sp³-hybridized carbons (Fsp3) is 0.0714. The largest absolute Gasteiger partial charge is 0.376 e. The number of rotatable bonds is 4. The van der Waals surface area contributed by atoms with Gasteiger partial charge in [-0.2, -0.15) is 0 Å². The van der Waals surface area contributed by atoms with E-state index in [2.05, 4.69) is 10.6 Å². The van der Waals surface area contributed by atoms with E-state index in [1.165, 1.54) is 0 Å². The second-order valence-electron chi connectivity index (χ2n) is 4.22. The Bertz CT molecular complexity index is 640. The van der Waals surface area contributed by atoms with Crippen LogP contribution in [0.3, 0.4) is 0 Å². The highest BCUT2D eigenvalue weighted by Gasteiger charge is 2.06. The minimum absolute atomic E-state index is 0.0448. The molecule has 0 aliphatic carbocycles. The van der Waals surface area contributed by atoms with Crippen molar-refractivity contribution in [1.82, 2.24) is 0 Å². The molecule has 0 saturated heterocycles. The summed E-state index contributed by atoms with van der Waals surface area (Å²) in [6.45, 7) is -0.102. The molecule has 0 aliphatic rings. The second-order valence-corrected chi connectivity index (χ2v) is 5.09. The van der Waals surface area contributed by atoms with Gasteiger partial charge in [0.05, 0.1) is 6.54 Å². The van der Waals surface area contributed by atoms with Crippen LogP contribution in [0.4, 0.5) is 20.2 Å². The molecule has 0 spiro atoms. The lowest BCUT2D eigenvalue weighted by Gasteiger charge is -2.09. The van der Waals surface area contributed by atoms with Crippen LogP contribution in [-0.2, 0) is 4.79 Å². The molecular weight excluding hydrogens is 321 g/mol. The molecule has 0 unspecified atom stereocenters. The number of carbonyl (C=O) groups excluding carboxylic acids is 1. The van der Waals surface area contributed by atoms with Crippen molar-refractivity contribution in [1.29, 1.82) is 0 Å². The van der Waals surface area contributed by atoms with E-state index in [0.717, 1.165) is 18.2 Å². The third-order valence-corrected chi connectivity index (χ3v) is 2.90. The number of nitrogens with one attached hydrogen (secondary N) is 2. The van der Waals surface area contributed by atoms with Gasteiger partial charge in [-0.3, -0.25) is 4.79 Å². The molecule has 0 atom stereocenters. The second kappa shape index (κ2) is 6.74. The molecule has 1 amide bonds. The van der Waals surface area contributed by atoms with E-state index in [9.17, 15) is 13.6 Å². The maximum Gasteiger partial charge on any atom is 0.243 e. The van der Waals surface area contributed by atoms with Crippen molar-refractivity contribution in [3.63, 3.8) is 0 Å². The molecule has 0 aliphatic heterocycles. The van der Waals surface area contributed by atoms with Gasteiger partial charge in [0, 0.05) is 27.5 Å². The van der Waals surface area contributed by atoms with Crippen LogP contribution in [0.5, 0.6) is 0 Å². The Balaban J connectivity index is 1.95. The highest BCUT2D eigenvalue weighted by Crippen LogP contribution is 2.22. The van der Waals surface area contributed by atoms with Crippen molar-refractivity contribution in [3.8, 4) is 0 Å². The zero-order chi connectivity index (χ0) is 15.4. The third kappa shape index (κ3) is 4.88. The van der Waals surface area contributed by atoms with Gasteiger partial charge < -0.3 is 10.6 Å². The SMILES string of the molecule is O=C(CNc1cc(Cl)cc(Cl)c1)Nc1cc(F)cc(F)c1. The zero-order valence-electron chi connectivity index (χ0n) is 10.6. The summed E-state index contributed by atoms with van der Waals surface area (Å²) >= 11 is 11.6. The first-order valence-corrected chi connectivity index (χ1v) is 6.64. The smallest absolute Gasteiger partial charge is 0.243 e. The van der Waals surface area contributed by atoms with E-state index < -0.39 is 17.5 Å². The molecule has 2 N–H and O–H groups in total. The van der Waals surface area contributed by atoms with E-state index in [0.29, 0.717) is 15.7 Å². The summed E-state index contributed by atoms with van der Waals surface area (Å²) in [5.41, 5.74) is 0.608. The summed E-state index contributed by atoms with van der Waals surface area (Å²) in [6.07, 6.45) is 0. The zero-order valence-corrected chi connectivity index (χ0v) is 12.1. The first kappa shape index (κ1) is 15.5. The van der Waals surface area contributed by atoms with E-state index in [4.69, 9.17) is 23.2 Å². The lowest BCUT2D eigenvalue weighted by molar-refractivity contribution is -0.114. The quantitative estimate of drug-likeness (QED) is 0.876. The van der Waals surface area contributed by atoms with Gasteiger partial charge in [0.25, 0.3) is 0 Å². The number of benzene rings is 2. The summed E-state index contributed by atoms with van der Waals surface area (Å²) in [5, 5.41) is 6.04. The molecule has 3 nitrogen and oxygen atoms in total. The van der Waals surface area contributed by atoms with Gasteiger partial charge in [-0.15, -0.1) is 0 Å². The number of hydrogen-bond acceptors (Lipinski definition) is 2. The van der Waals surface area contributed by atoms with E-state index in [1.807, 2.05) is 0 Å². The molecule has 2 rings (SSSR count). The van der Waals surface area contributed by atoms with Crippen molar-refractivity contribution in [2.75, 3.05) is 17.2 Å². The summed E-state index contributed by atoms with van der Waals surface area (Å²) in [7, 11) is 0. The minimum Gasteiger partial charge on any atom is -0.376 e. The van der Waals surface area contributed by atoms with Gasteiger partial charge in [-0.25, -0.2) is 8.78 Å². The Morgan fingerprint density at radius 1 is 0.905 bits per heavy atom. The Morgan fingerprint density at radius 2 is 1.48 bits per heavy atom. The van der Waals surface area contributed by atoms with Gasteiger partial charge in [-0.05, 0) is 30.3 Å². The molecule has 2 aromatic rings. The molecule has 21 heavy (non-hydrogen) atoms. The van der Waals surface area contributed by atoms with Crippen molar-refractivity contribution < 1.29 is 13.6 Å². The normalized spacial score (nSPS) is 10.3. The topological polar surface area (TPSA) is 41.1 Å². The van der Waals surface area contributed by atoms with Crippen LogP contribution in [0.25, 0.3) is 0 Å². The Hall–Kier alpha value is -1.85. The minimum atomic E-state index is -0.764. The van der Waals surface area contributed by atoms with E-state index in [1.54, 1.807) is 18.2 Å². The van der Waals surface area contributed by atoms with Crippen molar-refractivity contribution in [2.24, 2.45) is 0 Å². The maximum absolute atomic E-state index is 13.0. The standard InChI is InChI=1S/C14H10Cl2F2N2O/c15-8-1-9(16)3-12(2-8)19-7-14(21)20-13-5-10(17)4-11(18)6-13/h1-6,19H,7H2,(H,20,21). The lowest BCUT2D eigenvalue weighted by atomic mass is 10.3. The monoisotopic (exact) mass is 330 g/mol. The van der Waals surface area contributed by atoms with Gasteiger partial charge in [0.15, 0.2) is 0 Å². The van der Waals surface area contributed by atoms with Gasteiger partial charge in [0.1, 0.15) is 11.6 Å². The summed E-state index contributed by atoms with van der Waals surface area (Å²) in [4.78, 5) is 11.7. The summed E-state index contributed by atoms with van der Waals surface area (Å²) in [6, 6.07) is 7.53. The number of hydrogen-bond donors (Lipinski definition) is 2. The molecule has 0 saturated carbocycles. The molecule has 110 valence electrons. The predicted molar refractivity (Wildman–Crippen MR) is 79.9 cm³/mol. The molecule has 2 aromatic carbocycles. The molecular formula is C14H10Cl2F2N2O. The fourth-order valence-electron chi connectivity index (χ4n) is 1.67. The highest BCUT2D eigenvalue weighted by molar-refractivity contribution is 6.35. The van der Waals surface area contributed by atoms with Crippen LogP contribution in [0.2, 0.25) is 10.0 Å². The number of carbonyl (C=O) groups is 1. The van der Waals surface area contributed by atoms with Crippen molar-refractivity contribution in [3.05, 3.63) is 58.1 Å². The van der Waals surface area contributed by atoms with Crippen molar-refractivity contribution >= 4 is 40.5 Å². The average molecular weight is 331 g/mol. The average Bonchev–Trinajstić information content (AvgIpc) is 2.34. The molecule has 0 bridgehead atoms. The van der Waals surface area contributed by atoms with Crippen molar-refractivity contribution in [2.45, 2.75) is 0 Å². The van der Waals surface area contributed by atoms with Gasteiger partial charge in [-0.1, -0.05) is 23.2 Å². The van der Waals surface area contributed by atoms with E-state index in [-0.39, 0.29) is 12.2 Å². The van der Waals surface area contributed by atoms with Crippen LogP contribution in [0.15, 0.2) is 36.4 Å². The van der Waals surface area contributed by atoms with Crippen LogP contribution in [-0.4, -0.2) is 12.5 Å².